The first-order chi connectivity index (χ1) is 24.4. The van der Waals surface area contributed by atoms with Gasteiger partial charge in [-0.2, -0.15) is 0 Å². The number of benzene rings is 2. The predicted octanol–water partition coefficient (Wildman–Crippen LogP) is 5.34. The number of nitrogens with zero attached hydrogens (tertiary/aromatic N) is 2. The minimum absolute atomic E-state index is 0.105. The first-order valence-corrected chi connectivity index (χ1v) is 18.7. The number of hydrogen-bond acceptors (Lipinski definition) is 7. The Hall–Kier alpha value is -3.80. The molecule has 274 valence electrons. The Morgan fingerprint density at radius 3 is 2.53 bits per heavy atom. The van der Waals surface area contributed by atoms with E-state index in [4.69, 9.17) is 9.47 Å². The van der Waals surface area contributed by atoms with Gasteiger partial charge >= 0.3 is 5.97 Å². The highest BCUT2D eigenvalue weighted by atomic mass is 79.9. The van der Waals surface area contributed by atoms with E-state index in [1.165, 1.54) is 4.90 Å². The highest BCUT2D eigenvalue weighted by Crippen LogP contribution is 2.61. The molecule has 3 heterocycles. The fourth-order valence-electron chi connectivity index (χ4n) is 8.10. The van der Waals surface area contributed by atoms with Gasteiger partial charge in [0.1, 0.15) is 18.2 Å². The SMILES string of the molecule is C=CCCC(=O)OC[C@H](NC(=O)[C@H]1[C@@H]2O[C@@]3(CC2Br)[C@@H]1C(=O)N([C@@H](CO)CC(C)C)[C@@H]3C(=O)N(CC=C)c1cc(C)ccc1C)c1ccccc1. The second-order valence-corrected chi connectivity index (χ2v) is 15.6. The maximum absolute atomic E-state index is 15.1. The van der Waals surface area contributed by atoms with E-state index in [0.717, 1.165) is 16.7 Å². The second-order valence-electron chi connectivity index (χ2n) is 14.4. The van der Waals surface area contributed by atoms with Crippen molar-refractivity contribution < 1.29 is 33.8 Å². The lowest BCUT2D eigenvalue weighted by atomic mass is 9.70. The number of anilines is 1. The number of halogens is 1. The van der Waals surface area contributed by atoms with E-state index in [-0.39, 0.29) is 48.7 Å². The van der Waals surface area contributed by atoms with Crippen molar-refractivity contribution in [1.82, 2.24) is 10.2 Å². The van der Waals surface area contributed by atoms with Crippen molar-refractivity contribution in [3.05, 3.63) is 90.5 Å². The van der Waals surface area contributed by atoms with Gasteiger partial charge in [-0.1, -0.05) is 84.4 Å². The first kappa shape index (κ1) is 38.4. The molecule has 51 heavy (non-hydrogen) atoms. The van der Waals surface area contributed by atoms with Crippen molar-refractivity contribution in [2.24, 2.45) is 17.8 Å². The number of carbonyl (C=O) groups excluding carboxylic acids is 4. The molecule has 2 N–H and O–H groups in total. The molecular weight excluding hydrogens is 714 g/mol. The molecule has 10 nitrogen and oxygen atoms in total. The fraction of sp³-hybridized carbons (Fsp3) is 0.500. The summed E-state index contributed by atoms with van der Waals surface area (Å²) in [6.07, 6.45) is 4.00. The Kier molecular flexibility index (Phi) is 12.2. The molecule has 0 aromatic heterocycles. The summed E-state index contributed by atoms with van der Waals surface area (Å²) < 4.78 is 12.4. The van der Waals surface area contributed by atoms with Gasteiger partial charge in [0.05, 0.1) is 36.6 Å². The van der Waals surface area contributed by atoms with Crippen molar-refractivity contribution in [2.45, 2.75) is 88.0 Å². The molecule has 2 aromatic rings. The summed E-state index contributed by atoms with van der Waals surface area (Å²) in [4.78, 5) is 59.8. The van der Waals surface area contributed by atoms with E-state index in [0.29, 0.717) is 24.9 Å². The Labute approximate surface area is 309 Å². The monoisotopic (exact) mass is 763 g/mol. The maximum Gasteiger partial charge on any atom is 0.306 e. The number of fused-ring (bicyclic) bond motifs is 1. The number of aryl methyl sites for hydroxylation is 2. The number of amides is 3. The quantitative estimate of drug-likeness (QED) is 0.134. The molecule has 5 rings (SSSR count). The van der Waals surface area contributed by atoms with Crippen molar-refractivity contribution in [3.8, 4) is 0 Å². The molecule has 3 aliphatic heterocycles. The van der Waals surface area contributed by atoms with Gasteiger partial charge in [-0.25, -0.2) is 0 Å². The number of ether oxygens (including phenoxy) is 2. The maximum atomic E-state index is 15.1. The molecule has 1 unspecified atom stereocenters. The molecule has 8 atom stereocenters. The van der Waals surface area contributed by atoms with Gasteiger partial charge in [-0.05, 0) is 61.8 Å². The van der Waals surface area contributed by atoms with E-state index in [1.54, 1.807) is 17.1 Å². The molecule has 3 fully saturated rings. The number of hydrogen-bond donors (Lipinski definition) is 2. The summed E-state index contributed by atoms with van der Waals surface area (Å²) >= 11 is 3.76. The zero-order valence-corrected chi connectivity index (χ0v) is 31.5. The van der Waals surface area contributed by atoms with E-state index < -0.39 is 53.5 Å². The van der Waals surface area contributed by atoms with Gasteiger partial charge in [-0.15, -0.1) is 13.2 Å². The molecular formula is C40H50BrN3O7. The Morgan fingerprint density at radius 2 is 1.88 bits per heavy atom. The molecule has 3 amide bonds. The van der Waals surface area contributed by atoms with Gasteiger partial charge in [0.2, 0.25) is 11.8 Å². The number of carbonyl (C=O) groups is 4. The van der Waals surface area contributed by atoms with Crippen LogP contribution < -0.4 is 10.2 Å². The Balaban J connectivity index is 1.55. The van der Waals surface area contributed by atoms with Crippen LogP contribution in [0.2, 0.25) is 0 Å². The lowest BCUT2D eigenvalue weighted by molar-refractivity contribution is -0.146. The summed E-state index contributed by atoms with van der Waals surface area (Å²) in [5, 5.41) is 13.8. The van der Waals surface area contributed by atoms with Crippen LogP contribution in [0.5, 0.6) is 0 Å². The molecule has 2 aromatic carbocycles. The lowest BCUT2D eigenvalue weighted by Crippen LogP contribution is -2.59. The standard InChI is InChI=1S/C40H50BrN3O7/c1-7-9-15-32(46)50-23-30(27-13-11-10-12-14-27)42-37(47)33-34-38(48)44(28(22-45)19-24(3)4)36(40(34)21-29(41)35(33)51-40)39(49)43(18-8-2)31-20-25(5)16-17-26(31)6/h7-8,10-14,16-17,20,24,28-30,33-36,45H,1-2,9,15,18-19,21-23H2,3-6H3,(H,42,47)/t28-,29?,30+,33-,34+,35-,36-,40+/m1/s1. The van der Waals surface area contributed by atoms with Crippen LogP contribution in [0.1, 0.15) is 62.3 Å². The van der Waals surface area contributed by atoms with E-state index in [9.17, 15) is 19.5 Å². The third-order valence-corrected chi connectivity index (χ3v) is 11.2. The van der Waals surface area contributed by atoms with Crippen LogP contribution in [0, 0.1) is 31.6 Å². The molecule has 0 radical (unpaired) electrons. The molecule has 1 spiro atoms. The number of likely N-dealkylation sites (tertiary alicyclic amines) is 1. The number of allylic oxidation sites excluding steroid dienone is 1. The van der Waals surface area contributed by atoms with Crippen LogP contribution in [0.25, 0.3) is 0 Å². The molecule has 3 aliphatic rings. The van der Waals surface area contributed by atoms with Gasteiger partial charge < -0.3 is 29.7 Å². The third-order valence-electron chi connectivity index (χ3n) is 10.3. The van der Waals surface area contributed by atoms with Crippen molar-refractivity contribution in [3.63, 3.8) is 0 Å². The van der Waals surface area contributed by atoms with Gasteiger partial charge in [0, 0.05) is 23.5 Å². The van der Waals surface area contributed by atoms with E-state index in [1.807, 2.05) is 76.2 Å². The van der Waals surface area contributed by atoms with Crippen molar-refractivity contribution in [1.29, 1.82) is 0 Å². The molecule has 11 heteroatoms. The molecule has 0 aliphatic carbocycles. The second kappa shape index (κ2) is 16.3. The van der Waals surface area contributed by atoms with E-state index in [2.05, 4.69) is 34.4 Å². The summed E-state index contributed by atoms with van der Waals surface area (Å²) in [5.41, 5.74) is 1.94. The minimum atomic E-state index is -1.34. The fourth-order valence-corrected chi connectivity index (χ4v) is 9.04. The number of esters is 1. The number of nitrogens with one attached hydrogen (secondary N) is 1. The van der Waals surface area contributed by atoms with Gasteiger partial charge in [0.15, 0.2) is 0 Å². The van der Waals surface area contributed by atoms with Crippen LogP contribution >= 0.6 is 15.9 Å². The summed E-state index contributed by atoms with van der Waals surface area (Å²) in [6, 6.07) is 12.6. The average Bonchev–Trinajstić information content (AvgIpc) is 3.71. The smallest absolute Gasteiger partial charge is 0.306 e. The van der Waals surface area contributed by atoms with Gasteiger partial charge in [0.25, 0.3) is 5.91 Å². The normalized spacial score (nSPS) is 26.1. The Morgan fingerprint density at radius 1 is 1.16 bits per heavy atom. The number of aliphatic hydroxyl groups is 1. The molecule has 0 saturated carbocycles. The first-order valence-electron chi connectivity index (χ1n) is 17.7. The van der Waals surface area contributed by atoms with Crippen molar-refractivity contribution in [2.75, 3.05) is 24.7 Å². The topological polar surface area (TPSA) is 125 Å². The Bertz CT molecular complexity index is 1630. The average molecular weight is 765 g/mol. The van der Waals surface area contributed by atoms with Crippen LogP contribution in [-0.4, -0.2) is 82.1 Å². The van der Waals surface area contributed by atoms with Crippen LogP contribution in [0.4, 0.5) is 5.69 Å². The lowest BCUT2D eigenvalue weighted by Gasteiger charge is -2.40. The highest BCUT2D eigenvalue weighted by molar-refractivity contribution is 9.09. The summed E-state index contributed by atoms with van der Waals surface area (Å²) in [5.74, 6) is -3.42. The zero-order valence-electron chi connectivity index (χ0n) is 29.9. The van der Waals surface area contributed by atoms with Crippen LogP contribution in [0.15, 0.2) is 73.8 Å². The highest BCUT2D eigenvalue weighted by Gasteiger charge is 2.77. The number of rotatable bonds is 16. The number of aliphatic hydroxyl groups excluding tert-OH is 1. The third kappa shape index (κ3) is 7.57. The van der Waals surface area contributed by atoms with Crippen LogP contribution in [-0.2, 0) is 28.7 Å². The largest absolute Gasteiger partial charge is 0.463 e. The molecule has 2 bridgehead atoms. The summed E-state index contributed by atoms with van der Waals surface area (Å²) in [6.45, 7) is 15.2. The zero-order chi connectivity index (χ0) is 37.0. The molecule has 3 saturated heterocycles. The predicted molar refractivity (Wildman–Crippen MR) is 199 cm³/mol. The number of alkyl halides is 1. The summed E-state index contributed by atoms with van der Waals surface area (Å²) in [7, 11) is 0. The van der Waals surface area contributed by atoms with E-state index >= 15 is 4.79 Å². The van der Waals surface area contributed by atoms with Gasteiger partial charge in [-0.3, -0.25) is 19.2 Å². The van der Waals surface area contributed by atoms with Crippen LogP contribution in [0.3, 0.4) is 0 Å². The minimum Gasteiger partial charge on any atom is -0.463 e. The van der Waals surface area contributed by atoms with Crippen molar-refractivity contribution >= 4 is 45.3 Å².